The largest absolute Gasteiger partial charge is 0.481 e. The van der Waals surface area contributed by atoms with Gasteiger partial charge < -0.3 is 10.4 Å². The molecular formula is C10H8F3NO3. The second-order valence-electron chi connectivity index (χ2n) is 3.12. The van der Waals surface area contributed by atoms with Gasteiger partial charge in [0.15, 0.2) is 17.5 Å². The Labute approximate surface area is 94.1 Å². The first-order valence-corrected chi connectivity index (χ1v) is 4.57. The number of rotatable bonds is 4. The highest BCUT2D eigenvalue weighted by Gasteiger charge is 2.18. The van der Waals surface area contributed by atoms with Crippen molar-refractivity contribution in [1.82, 2.24) is 5.32 Å². The second kappa shape index (κ2) is 5.33. The number of nitrogens with one attached hydrogen (secondary N) is 1. The molecule has 0 aliphatic carbocycles. The van der Waals surface area contributed by atoms with Crippen molar-refractivity contribution in [3.63, 3.8) is 0 Å². The smallest absolute Gasteiger partial charge is 0.305 e. The van der Waals surface area contributed by atoms with Crippen molar-refractivity contribution in [2.45, 2.75) is 6.42 Å². The van der Waals surface area contributed by atoms with Gasteiger partial charge in [-0.15, -0.1) is 0 Å². The average molecular weight is 247 g/mol. The van der Waals surface area contributed by atoms with Gasteiger partial charge in [-0.3, -0.25) is 9.59 Å². The standard InChI is InChI=1S/C10H8F3NO3/c11-6-2-1-5(8(12)9(6)13)10(17)14-4-3-7(15)16/h1-2H,3-4H2,(H,14,17)(H,15,16). The number of carboxylic acid groups (broad SMARTS) is 1. The fourth-order valence-electron chi connectivity index (χ4n) is 1.08. The third kappa shape index (κ3) is 3.20. The maximum atomic E-state index is 13.1. The van der Waals surface area contributed by atoms with Gasteiger partial charge in [0.25, 0.3) is 5.91 Å². The molecule has 1 aromatic rings. The van der Waals surface area contributed by atoms with Gasteiger partial charge in [0, 0.05) is 6.54 Å². The van der Waals surface area contributed by atoms with Gasteiger partial charge in [0.2, 0.25) is 0 Å². The Morgan fingerprint density at radius 2 is 1.82 bits per heavy atom. The van der Waals surface area contributed by atoms with Crippen LogP contribution in [0, 0.1) is 17.5 Å². The zero-order valence-corrected chi connectivity index (χ0v) is 8.47. The van der Waals surface area contributed by atoms with E-state index in [1.807, 2.05) is 0 Å². The molecule has 1 aromatic carbocycles. The summed E-state index contributed by atoms with van der Waals surface area (Å²) in [5.74, 6) is -6.88. The molecule has 1 amide bonds. The molecule has 0 heterocycles. The van der Waals surface area contributed by atoms with Crippen LogP contribution in [0.2, 0.25) is 0 Å². The van der Waals surface area contributed by atoms with E-state index in [2.05, 4.69) is 5.32 Å². The molecule has 4 nitrogen and oxygen atoms in total. The number of carboxylic acids is 1. The highest BCUT2D eigenvalue weighted by atomic mass is 19.2. The molecule has 92 valence electrons. The second-order valence-corrected chi connectivity index (χ2v) is 3.12. The first-order chi connectivity index (χ1) is 7.93. The predicted molar refractivity (Wildman–Crippen MR) is 50.9 cm³/mol. The molecule has 1 rings (SSSR count). The zero-order valence-electron chi connectivity index (χ0n) is 8.47. The molecule has 2 N–H and O–H groups in total. The van der Waals surface area contributed by atoms with Crippen molar-refractivity contribution in [3.05, 3.63) is 35.1 Å². The summed E-state index contributed by atoms with van der Waals surface area (Å²) in [6.07, 6.45) is -0.350. The zero-order chi connectivity index (χ0) is 13.0. The SMILES string of the molecule is O=C(O)CCNC(=O)c1ccc(F)c(F)c1F. The van der Waals surface area contributed by atoms with Crippen molar-refractivity contribution in [2.75, 3.05) is 6.54 Å². The van der Waals surface area contributed by atoms with Gasteiger partial charge in [0.05, 0.1) is 12.0 Å². The number of carbonyl (C=O) groups is 2. The summed E-state index contributed by atoms with van der Waals surface area (Å²) in [6, 6.07) is 1.40. The summed E-state index contributed by atoms with van der Waals surface area (Å²) >= 11 is 0. The quantitative estimate of drug-likeness (QED) is 0.788. The summed E-state index contributed by atoms with van der Waals surface area (Å²) in [5.41, 5.74) is -0.672. The van der Waals surface area contributed by atoms with Crippen LogP contribution in [0.1, 0.15) is 16.8 Å². The monoisotopic (exact) mass is 247 g/mol. The van der Waals surface area contributed by atoms with Gasteiger partial charge in [-0.1, -0.05) is 0 Å². The van der Waals surface area contributed by atoms with Crippen LogP contribution >= 0.6 is 0 Å². The van der Waals surface area contributed by atoms with E-state index in [1.165, 1.54) is 0 Å². The Bertz CT molecular complexity index is 462. The van der Waals surface area contributed by atoms with Crippen LogP contribution < -0.4 is 5.32 Å². The van der Waals surface area contributed by atoms with Gasteiger partial charge in [-0.25, -0.2) is 13.2 Å². The van der Waals surface area contributed by atoms with Crippen molar-refractivity contribution in [3.8, 4) is 0 Å². The number of benzene rings is 1. The van der Waals surface area contributed by atoms with Gasteiger partial charge >= 0.3 is 5.97 Å². The van der Waals surface area contributed by atoms with Crippen LogP contribution in [-0.2, 0) is 4.79 Å². The number of aliphatic carboxylic acids is 1. The molecule has 0 aromatic heterocycles. The first-order valence-electron chi connectivity index (χ1n) is 4.57. The number of halogens is 3. The van der Waals surface area contributed by atoms with E-state index in [1.54, 1.807) is 0 Å². The minimum absolute atomic E-state index is 0.230. The first kappa shape index (κ1) is 13.0. The molecule has 0 fully saturated rings. The summed E-state index contributed by atoms with van der Waals surface area (Å²) in [7, 11) is 0. The van der Waals surface area contributed by atoms with E-state index in [9.17, 15) is 22.8 Å². The van der Waals surface area contributed by atoms with E-state index < -0.39 is 34.9 Å². The van der Waals surface area contributed by atoms with Crippen LogP contribution in [0.15, 0.2) is 12.1 Å². The average Bonchev–Trinajstić information content (AvgIpc) is 2.25. The van der Waals surface area contributed by atoms with Crippen molar-refractivity contribution in [1.29, 1.82) is 0 Å². The minimum atomic E-state index is -1.74. The van der Waals surface area contributed by atoms with E-state index >= 15 is 0 Å². The van der Waals surface area contributed by atoms with Crippen LogP contribution in [-0.4, -0.2) is 23.5 Å². The Kier molecular flexibility index (Phi) is 4.08. The van der Waals surface area contributed by atoms with Crippen molar-refractivity contribution >= 4 is 11.9 Å². The lowest BCUT2D eigenvalue weighted by Gasteiger charge is -2.05. The molecule has 17 heavy (non-hydrogen) atoms. The van der Waals surface area contributed by atoms with Crippen LogP contribution in [0.25, 0.3) is 0 Å². The molecule has 0 atom stereocenters. The lowest BCUT2D eigenvalue weighted by molar-refractivity contribution is -0.136. The van der Waals surface area contributed by atoms with E-state index in [4.69, 9.17) is 5.11 Å². The summed E-state index contributed by atoms with van der Waals surface area (Å²) in [4.78, 5) is 21.4. The predicted octanol–water partition coefficient (Wildman–Crippen LogP) is 1.31. The number of amides is 1. The van der Waals surface area contributed by atoms with Gasteiger partial charge in [-0.05, 0) is 12.1 Å². The summed E-state index contributed by atoms with van der Waals surface area (Å²) < 4.78 is 38.4. The molecule has 0 aliphatic heterocycles. The Morgan fingerprint density at radius 1 is 1.18 bits per heavy atom. The Balaban J connectivity index is 2.76. The molecule has 0 unspecified atom stereocenters. The number of carbonyl (C=O) groups excluding carboxylic acids is 1. The molecule has 0 bridgehead atoms. The Morgan fingerprint density at radius 3 is 2.41 bits per heavy atom. The minimum Gasteiger partial charge on any atom is -0.481 e. The molecule has 0 saturated carbocycles. The van der Waals surface area contributed by atoms with Crippen LogP contribution in [0.3, 0.4) is 0 Å². The molecule has 0 saturated heterocycles. The fourth-order valence-corrected chi connectivity index (χ4v) is 1.08. The maximum Gasteiger partial charge on any atom is 0.305 e. The number of hydrogen-bond donors (Lipinski definition) is 2. The van der Waals surface area contributed by atoms with Crippen molar-refractivity contribution in [2.24, 2.45) is 0 Å². The van der Waals surface area contributed by atoms with E-state index in [0.29, 0.717) is 6.07 Å². The highest BCUT2D eigenvalue weighted by Crippen LogP contribution is 2.14. The van der Waals surface area contributed by atoms with E-state index in [-0.39, 0.29) is 13.0 Å². The van der Waals surface area contributed by atoms with E-state index in [0.717, 1.165) is 6.07 Å². The lowest BCUT2D eigenvalue weighted by atomic mass is 10.2. The molecule has 0 aliphatic rings. The molecule has 7 heteroatoms. The maximum absolute atomic E-state index is 13.1. The van der Waals surface area contributed by atoms with Crippen molar-refractivity contribution < 1.29 is 27.9 Å². The lowest BCUT2D eigenvalue weighted by Crippen LogP contribution is -2.27. The van der Waals surface area contributed by atoms with Gasteiger partial charge in [0.1, 0.15) is 0 Å². The summed E-state index contributed by atoms with van der Waals surface area (Å²) in [5, 5.41) is 10.4. The number of hydrogen-bond acceptors (Lipinski definition) is 2. The molecule has 0 radical (unpaired) electrons. The van der Waals surface area contributed by atoms with Gasteiger partial charge in [-0.2, -0.15) is 0 Å². The molecular weight excluding hydrogens is 239 g/mol. The third-order valence-electron chi connectivity index (χ3n) is 1.90. The summed E-state index contributed by atoms with van der Waals surface area (Å²) in [6.45, 7) is -0.230. The topological polar surface area (TPSA) is 66.4 Å². The van der Waals surface area contributed by atoms with Crippen LogP contribution in [0.5, 0.6) is 0 Å². The third-order valence-corrected chi connectivity index (χ3v) is 1.90. The fraction of sp³-hybridized carbons (Fsp3) is 0.200. The Hall–Kier alpha value is -2.05. The molecule has 0 spiro atoms. The highest BCUT2D eigenvalue weighted by molar-refractivity contribution is 5.94. The normalized spacial score (nSPS) is 10.1. The van der Waals surface area contributed by atoms with Crippen LogP contribution in [0.4, 0.5) is 13.2 Å².